The topological polar surface area (TPSA) is 63.6 Å². The van der Waals surface area contributed by atoms with Crippen LogP contribution >= 0.6 is 0 Å². The van der Waals surface area contributed by atoms with Crippen LogP contribution in [0.15, 0.2) is 55.3 Å². The van der Waals surface area contributed by atoms with Gasteiger partial charge in [0.2, 0.25) is 0 Å². The predicted octanol–water partition coefficient (Wildman–Crippen LogP) is 3.23. The number of ether oxygens (including phenoxy) is 1. The molecule has 0 saturated heterocycles. The van der Waals surface area contributed by atoms with E-state index in [1.54, 1.807) is 12.1 Å². The van der Waals surface area contributed by atoms with Crippen molar-refractivity contribution in [3.63, 3.8) is 0 Å². The molecule has 0 aliphatic rings. The quantitative estimate of drug-likeness (QED) is 0.663. The number of carboxylic acid groups (broad SMARTS) is 1. The Morgan fingerprint density at radius 3 is 2.26 bits per heavy atom. The molecule has 4 nitrogen and oxygen atoms in total. The van der Waals surface area contributed by atoms with Gasteiger partial charge in [-0.3, -0.25) is 4.79 Å². The molecule has 1 N–H and O–H groups in total. The van der Waals surface area contributed by atoms with Gasteiger partial charge in [-0.1, -0.05) is 36.9 Å². The van der Waals surface area contributed by atoms with E-state index in [0.717, 1.165) is 17.0 Å². The fourth-order valence-corrected chi connectivity index (χ4v) is 1.44. The van der Waals surface area contributed by atoms with Gasteiger partial charge in [-0.2, -0.15) is 0 Å². The third kappa shape index (κ3) is 4.63. The van der Waals surface area contributed by atoms with Crippen LogP contribution in [0.4, 0.5) is 0 Å². The lowest BCUT2D eigenvalue weighted by Gasteiger charge is -1.98. The van der Waals surface area contributed by atoms with Gasteiger partial charge >= 0.3 is 11.9 Å². The van der Waals surface area contributed by atoms with Gasteiger partial charge in [-0.15, -0.1) is 0 Å². The number of carbonyl (C=O) groups excluding carboxylic acids is 1. The number of esters is 1. The van der Waals surface area contributed by atoms with Gasteiger partial charge in [-0.25, -0.2) is 4.79 Å². The van der Waals surface area contributed by atoms with E-state index in [1.807, 2.05) is 30.3 Å². The van der Waals surface area contributed by atoms with E-state index in [-0.39, 0.29) is 5.97 Å². The summed E-state index contributed by atoms with van der Waals surface area (Å²) in [5, 5.41) is 10.8. The van der Waals surface area contributed by atoms with Crippen LogP contribution in [0.25, 0.3) is 10.8 Å². The maximum Gasteiger partial charge on any atom is 0.335 e. The van der Waals surface area contributed by atoms with E-state index in [0.29, 0.717) is 5.56 Å². The van der Waals surface area contributed by atoms with Crippen LogP contribution in [-0.2, 0) is 9.53 Å². The van der Waals surface area contributed by atoms with Crippen LogP contribution in [-0.4, -0.2) is 17.0 Å². The number of hydrogen-bond acceptors (Lipinski definition) is 3. The first-order chi connectivity index (χ1) is 9.04. The molecule has 0 aromatic heterocycles. The summed E-state index contributed by atoms with van der Waals surface area (Å²) < 4.78 is 4.17. The molecule has 0 bridgehead atoms. The molecule has 0 spiro atoms. The standard InChI is InChI=1S/C11H8O2.C4H6O2/c12-11(13)10-6-5-8-3-1-2-4-9(8)7-10;1-3-6-4(2)5/h1-7H,(H,12,13);3H,1H2,2H3. The minimum absolute atomic E-state index is 0.329. The molecule has 0 radical (unpaired) electrons. The van der Waals surface area contributed by atoms with E-state index in [9.17, 15) is 9.59 Å². The molecule has 0 amide bonds. The summed E-state index contributed by atoms with van der Waals surface area (Å²) in [5.41, 5.74) is 0.332. The van der Waals surface area contributed by atoms with Gasteiger partial charge in [-0.05, 0) is 22.9 Å². The minimum atomic E-state index is -0.884. The Bertz CT molecular complexity index is 602. The van der Waals surface area contributed by atoms with Gasteiger partial charge in [0.05, 0.1) is 11.8 Å². The van der Waals surface area contributed by atoms with E-state index < -0.39 is 5.97 Å². The Morgan fingerprint density at radius 1 is 1.16 bits per heavy atom. The van der Waals surface area contributed by atoms with E-state index in [4.69, 9.17) is 5.11 Å². The highest BCUT2D eigenvalue weighted by molar-refractivity contribution is 5.94. The number of hydrogen-bond donors (Lipinski definition) is 1. The molecule has 0 aliphatic carbocycles. The molecule has 19 heavy (non-hydrogen) atoms. The number of rotatable bonds is 2. The third-order valence-electron chi connectivity index (χ3n) is 2.25. The second kappa shape index (κ2) is 6.96. The molecule has 0 heterocycles. The average Bonchev–Trinajstić information content (AvgIpc) is 2.38. The van der Waals surface area contributed by atoms with Crippen molar-refractivity contribution in [2.75, 3.05) is 0 Å². The molecule has 2 rings (SSSR count). The van der Waals surface area contributed by atoms with Crippen molar-refractivity contribution in [3.05, 3.63) is 60.9 Å². The molecule has 2 aromatic carbocycles. The molecule has 2 aromatic rings. The van der Waals surface area contributed by atoms with Crippen molar-refractivity contribution < 1.29 is 19.4 Å². The van der Waals surface area contributed by atoms with Gasteiger partial charge in [0.1, 0.15) is 0 Å². The molecule has 0 atom stereocenters. The summed E-state index contributed by atoms with van der Waals surface area (Å²) >= 11 is 0. The fraction of sp³-hybridized carbons (Fsp3) is 0.0667. The molecule has 4 heteroatoms. The zero-order chi connectivity index (χ0) is 14.3. The largest absolute Gasteiger partial charge is 0.478 e. The highest BCUT2D eigenvalue weighted by Crippen LogP contribution is 2.15. The van der Waals surface area contributed by atoms with Crippen LogP contribution in [0.3, 0.4) is 0 Å². The third-order valence-corrected chi connectivity index (χ3v) is 2.25. The fourth-order valence-electron chi connectivity index (χ4n) is 1.44. The maximum absolute atomic E-state index is 10.6. The molecular weight excluding hydrogens is 244 g/mol. The lowest BCUT2D eigenvalue weighted by atomic mass is 10.1. The maximum atomic E-state index is 10.6. The van der Waals surface area contributed by atoms with Gasteiger partial charge in [0.15, 0.2) is 0 Å². The highest BCUT2D eigenvalue weighted by atomic mass is 16.5. The summed E-state index contributed by atoms with van der Waals surface area (Å²) in [6, 6.07) is 12.8. The minimum Gasteiger partial charge on any atom is -0.478 e. The molecule has 98 valence electrons. The van der Waals surface area contributed by atoms with Crippen molar-refractivity contribution in [2.45, 2.75) is 6.92 Å². The number of carboxylic acids is 1. The molecule has 0 saturated carbocycles. The number of benzene rings is 2. The second-order valence-corrected chi connectivity index (χ2v) is 3.64. The zero-order valence-corrected chi connectivity index (χ0v) is 10.5. The van der Waals surface area contributed by atoms with Crippen LogP contribution < -0.4 is 0 Å². The normalized spacial score (nSPS) is 9.11. The van der Waals surface area contributed by atoms with Crippen LogP contribution in [0, 0.1) is 0 Å². The van der Waals surface area contributed by atoms with Crippen LogP contribution in [0.2, 0.25) is 0 Å². The zero-order valence-electron chi connectivity index (χ0n) is 10.5. The molecular formula is C15H14O4. The summed E-state index contributed by atoms with van der Waals surface area (Å²) in [4.78, 5) is 20.4. The van der Waals surface area contributed by atoms with Crippen molar-refractivity contribution in [2.24, 2.45) is 0 Å². The summed E-state index contributed by atoms with van der Waals surface area (Å²) in [6.45, 7) is 4.48. The Hall–Kier alpha value is -2.62. The lowest BCUT2D eigenvalue weighted by molar-refractivity contribution is -0.135. The van der Waals surface area contributed by atoms with Gasteiger partial charge in [0.25, 0.3) is 0 Å². The average molecular weight is 258 g/mol. The van der Waals surface area contributed by atoms with E-state index in [2.05, 4.69) is 11.3 Å². The molecule has 0 aliphatic heterocycles. The monoisotopic (exact) mass is 258 g/mol. The number of aromatic carboxylic acids is 1. The van der Waals surface area contributed by atoms with Crippen LogP contribution in [0.5, 0.6) is 0 Å². The lowest BCUT2D eigenvalue weighted by Crippen LogP contribution is -1.94. The Kier molecular flexibility index (Phi) is 5.29. The second-order valence-electron chi connectivity index (χ2n) is 3.64. The van der Waals surface area contributed by atoms with Crippen LogP contribution in [0.1, 0.15) is 17.3 Å². The van der Waals surface area contributed by atoms with E-state index >= 15 is 0 Å². The Labute approximate surface area is 110 Å². The van der Waals surface area contributed by atoms with Crippen molar-refractivity contribution in [3.8, 4) is 0 Å². The van der Waals surface area contributed by atoms with Crippen molar-refractivity contribution in [1.29, 1.82) is 0 Å². The summed E-state index contributed by atoms with van der Waals surface area (Å²) in [6.07, 6.45) is 1.10. The highest BCUT2D eigenvalue weighted by Gasteiger charge is 2.01. The SMILES string of the molecule is C=COC(C)=O.O=C(O)c1ccc2ccccc2c1. The van der Waals surface area contributed by atoms with Crippen molar-refractivity contribution in [1.82, 2.24) is 0 Å². The molecule has 0 fully saturated rings. The first kappa shape index (κ1) is 14.4. The number of carbonyl (C=O) groups is 2. The van der Waals surface area contributed by atoms with Gasteiger partial charge < -0.3 is 9.84 Å². The smallest absolute Gasteiger partial charge is 0.335 e. The predicted molar refractivity (Wildman–Crippen MR) is 72.9 cm³/mol. The molecule has 0 unspecified atom stereocenters. The summed E-state index contributed by atoms with van der Waals surface area (Å²) in [5.74, 6) is -1.21. The van der Waals surface area contributed by atoms with Gasteiger partial charge in [0, 0.05) is 6.92 Å². The summed E-state index contributed by atoms with van der Waals surface area (Å²) in [7, 11) is 0. The Morgan fingerprint density at radius 2 is 1.79 bits per heavy atom. The first-order valence-electron chi connectivity index (χ1n) is 5.55. The Balaban J connectivity index is 0.000000258. The number of fused-ring (bicyclic) bond motifs is 1. The first-order valence-corrected chi connectivity index (χ1v) is 5.55. The van der Waals surface area contributed by atoms with Crippen molar-refractivity contribution >= 4 is 22.7 Å². The van der Waals surface area contributed by atoms with E-state index in [1.165, 1.54) is 6.92 Å².